The van der Waals surface area contributed by atoms with Gasteiger partial charge in [-0.25, -0.2) is 9.59 Å². The first-order valence-electron chi connectivity index (χ1n) is 9.10. The first-order valence-corrected chi connectivity index (χ1v) is 9.10. The maximum atomic E-state index is 12.6. The highest BCUT2D eigenvalue weighted by Gasteiger charge is 2.29. The van der Waals surface area contributed by atoms with Crippen LogP contribution in [0.15, 0.2) is 54.6 Å². The van der Waals surface area contributed by atoms with Gasteiger partial charge < -0.3 is 25.6 Å². The Labute approximate surface area is 168 Å². The molecule has 2 amide bonds. The molecule has 0 saturated heterocycles. The van der Waals surface area contributed by atoms with Gasteiger partial charge in [0.25, 0.3) is 0 Å². The van der Waals surface area contributed by atoms with Crippen LogP contribution < -0.4 is 15.4 Å². The zero-order valence-electron chi connectivity index (χ0n) is 16.2. The van der Waals surface area contributed by atoms with Crippen LogP contribution >= 0.6 is 0 Å². The van der Waals surface area contributed by atoms with Crippen LogP contribution in [0, 0.1) is 5.92 Å². The van der Waals surface area contributed by atoms with Crippen molar-refractivity contribution in [2.45, 2.75) is 32.4 Å². The van der Waals surface area contributed by atoms with E-state index in [1.165, 1.54) is 12.1 Å². The number of aromatic hydroxyl groups is 1. The molecule has 0 spiro atoms. The van der Waals surface area contributed by atoms with Crippen LogP contribution in [-0.4, -0.2) is 40.3 Å². The van der Waals surface area contributed by atoms with Crippen molar-refractivity contribution in [2.75, 3.05) is 0 Å². The van der Waals surface area contributed by atoms with Crippen molar-refractivity contribution >= 4 is 18.0 Å². The molecule has 2 aromatic carbocycles. The summed E-state index contributed by atoms with van der Waals surface area (Å²) in [5.74, 6) is -1.76. The molecule has 0 aliphatic heterocycles. The van der Waals surface area contributed by atoms with E-state index in [-0.39, 0.29) is 18.1 Å². The molecule has 2 aromatic rings. The molecule has 0 aliphatic rings. The van der Waals surface area contributed by atoms with E-state index in [1.807, 2.05) is 0 Å². The zero-order valence-corrected chi connectivity index (χ0v) is 16.2. The third-order valence-electron chi connectivity index (χ3n) is 4.17. The number of benzene rings is 2. The van der Waals surface area contributed by atoms with Gasteiger partial charge in [0.15, 0.2) is 0 Å². The van der Waals surface area contributed by atoms with E-state index in [4.69, 9.17) is 4.74 Å². The molecule has 0 aliphatic carbocycles. The molecule has 29 heavy (non-hydrogen) atoms. The molecule has 2 rings (SSSR count). The molecule has 154 valence electrons. The molecule has 0 heterocycles. The highest BCUT2D eigenvalue weighted by molar-refractivity contribution is 5.89. The number of phenolic OH excluding ortho intramolecular Hbond substituents is 1. The fourth-order valence-corrected chi connectivity index (χ4v) is 2.62. The quantitative estimate of drug-likeness (QED) is 0.539. The predicted molar refractivity (Wildman–Crippen MR) is 106 cm³/mol. The van der Waals surface area contributed by atoms with E-state index in [0.29, 0.717) is 11.3 Å². The van der Waals surface area contributed by atoms with Gasteiger partial charge in [-0.05, 0) is 35.7 Å². The molecule has 0 bridgehead atoms. The van der Waals surface area contributed by atoms with Crippen LogP contribution in [0.5, 0.6) is 11.5 Å². The Morgan fingerprint density at radius 3 is 2.14 bits per heavy atom. The lowest BCUT2D eigenvalue weighted by Gasteiger charge is -2.23. The van der Waals surface area contributed by atoms with Crippen LogP contribution in [-0.2, 0) is 16.0 Å². The molecule has 8 heteroatoms. The van der Waals surface area contributed by atoms with Gasteiger partial charge in [-0.15, -0.1) is 0 Å². The Bertz CT molecular complexity index is 836. The number of para-hydroxylation sites is 1. The second-order valence-electron chi connectivity index (χ2n) is 6.84. The number of nitrogens with one attached hydrogen (secondary N) is 2. The Balaban J connectivity index is 2.02. The predicted octanol–water partition coefficient (Wildman–Crippen LogP) is 2.32. The van der Waals surface area contributed by atoms with E-state index < -0.39 is 30.1 Å². The first kappa shape index (κ1) is 21.7. The number of hydrogen-bond donors (Lipinski definition) is 4. The lowest BCUT2D eigenvalue weighted by molar-refractivity contribution is -0.142. The van der Waals surface area contributed by atoms with Crippen LogP contribution in [0.2, 0.25) is 0 Å². The molecular formula is C21H24N2O6. The summed E-state index contributed by atoms with van der Waals surface area (Å²) in [4.78, 5) is 36.4. The second kappa shape index (κ2) is 10.1. The molecule has 0 fully saturated rings. The molecule has 0 radical (unpaired) electrons. The van der Waals surface area contributed by atoms with Crippen LogP contribution in [0.3, 0.4) is 0 Å². The number of phenols is 1. The monoisotopic (exact) mass is 400 g/mol. The Morgan fingerprint density at radius 2 is 1.59 bits per heavy atom. The van der Waals surface area contributed by atoms with Crippen molar-refractivity contribution in [3.8, 4) is 11.5 Å². The average Bonchev–Trinajstić information content (AvgIpc) is 2.67. The normalized spacial score (nSPS) is 12.7. The molecular weight excluding hydrogens is 376 g/mol. The van der Waals surface area contributed by atoms with Crippen molar-refractivity contribution in [1.82, 2.24) is 10.6 Å². The molecule has 0 saturated carbocycles. The maximum absolute atomic E-state index is 12.6. The van der Waals surface area contributed by atoms with Gasteiger partial charge in [-0.3, -0.25) is 4.79 Å². The van der Waals surface area contributed by atoms with E-state index in [1.54, 1.807) is 56.3 Å². The summed E-state index contributed by atoms with van der Waals surface area (Å²) in [5, 5.41) is 23.7. The number of ether oxygens (including phenoxy) is 1. The summed E-state index contributed by atoms with van der Waals surface area (Å²) in [6.07, 6.45) is -0.781. The zero-order chi connectivity index (χ0) is 21.4. The van der Waals surface area contributed by atoms with Crippen molar-refractivity contribution < 1.29 is 29.3 Å². The minimum absolute atomic E-state index is 0.0284. The number of aliphatic carboxylic acids is 1. The van der Waals surface area contributed by atoms with Gasteiger partial charge in [-0.1, -0.05) is 44.2 Å². The van der Waals surface area contributed by atoms with Gasteiger partial charge in [0.05, 0.1) is 0 Å². The van der Waals surface area contributed by atoms with Gasteiger partial charge >= 0.3 is 12.1 Å². The summed E-state index contributed by atoms with van der Waals surface area (Å²) in [7, 11) is 0. The smallest absolute Gasteiger partial charge is 0.413 e. The summed E-state index contributed by atoms with van der Waals surface area (Å²) in [6, 6.07) is 12.2. The Kier molecular flexibility index (Phi) is 7.59. The highest BCUT2D eigenvalue weighted by atomic mass is 16.6. The van der Waals surface area contributed by atoms with Crippen LogP contribution in [0.25, 0.3) is 0 Å². The van der Waals surface area contributed by atoms with E-state index in [9.17, 15) is 24.6 Å². The fraction of sp³-hybridized carbons (Fsp3) is 0.286. The number of carbonyl (C=O) groups is 3. The third-order valence-corrected chi connectivity index (χ3v) is 4.17. The largest absolute Gasteiger partial charge is 0.508 e. The fourth-order valence-electron chi connectivity index (χ4n) is 2.62. The molecule has 0 unspecified atom stereocenters. The molecule has 2 atom stereocenters. The summed E-state index contributed by atoms with van der Waals surface area (Å²) >= 11 is 0. The van der Waals surface area contributed by atoms with Gasteiger partial charge in [-0.2, -0.15) is 0 Å². The van der Waals surface area contributed by atoms with E-state index in [2.05, 4.69) is 10.6 Å². The van der Waals surface area contributed by atoms with Crippen molar-refractivity contribution in [3.63, 3.8) is 0 Å². The van der Waals surface area contributed by atoms with Crippen molar-refractivity contribution in [1.29, 1.82) is 0 Å². The number of carboxylic acid groups (broad SMARTS) is 1. The Morgan fingerprint density at radius 1 is 0.966 bits per heavy atom. The second-order valence-corrected chi connectivity index (χ2v) is 6.84. The maximum Gasteiger partial charge on any atom is 0.413 e. The average molecular weight is 400 g/mol. The van der Waals surface area contributed by atoms with Crippen molar-refractivity contribution in [3.05, 3.63) is 60.2 Å². The number of carboxylic acids is 1. The lowest BCUT2D eigenvalue weighted by Crippen LogP contribution is -2.54. The first-order chi connectivity index (χ1) is 13.8. The molecule has 8 nitrogen and oxygen atoms in total. The minimum Gasteiger partial charge on any atom is -0.508 e. The number of hydrogen-bond acceptors (Lipinski definition) is 5. The summed E-state index contributed by atoms with van der Waals surface area (Å²) < 4.78 is 5.13. The summed E-state index contributed by atoms with van der Waals surface area (Å²) in [6.45, 7) is 3.45. The van der Waals surface area contributed by atoms with Crippen molar-refractivity contribution in [2.24, 2.45) is 5.92 Å². The van der Waals surface area contributed by atoms with E-state index >= 15 is 0 Å². The third kappa shape index (κ3) is 6.84. The summed E-state index contributed by atoms with van der Waals surface area (Å²) in [5.41, 5.74) is 0.632. The van der Waals surface area contributed by atoms with Gasteiger partial charge in [0.1, 0.15) is 23.6 Å². The van der Waals surface area contributed by atoms with Gasteiger partial charge in [0, 0.05) is 6.42 Å². The Hall–Kier alpha value is -3.55. The standard InChI is InChI=1S/C21H24N2O6/c1-13(2)18(23-21(28)29-16-6-4-3-5-7-16)19(25)22-17(20(26)27)12-14-8-10-15(24)11-9-14/h3-11,13,17-18,24H,12H2,1-2H3,(H,22,25)(H,23,28)(H,26,27)/t17-,18-/m0/s1. The molecule has 0 aromatic heterocycles. The molecule has 4 N–H and O–H groups in total. The van der Waals surface area contributed by atoms with E-state index in [0.717, 1.165) is 0 Å². The SMILES string of the molecule is CC(C)[C@H](NC(=O)Oc1ccccc1)C(=O)N[C@@H](Cc1ccc(O)cc1)C(=O)O. The topological polar surface area (TPSA) is 125 Å². The number of carbonyl (C=O) groups excluding carboxylic acids is 2. The minimum atomic E-state index is -1.21. The highest BCUT2D eigenvalue weighted by Crippen LogP contribution is 2.13. The number of rotatable bonds is 8. The lowest BCUT2D eigenvalue weighted by atomic mass is 10.0. The number of amides is 2. The van der Waals surface area contributed by atoms with Crippen LogP contribution in [0.4, 0.5) is 4.79 Å². The van der Waals surface area contributed by atoms with Crippen LogP contribution in [0.1, 0.15) is 19.4 Å². The van der Waals surface area contributed by atoms with Gasteiger partial charge in [0.2, 0.25) is 5.91 Å².